The van der Waals surface area contributed by atoms with E-state index in [2.05, 4.69) is 25.3 Å². The number of amides is 1. The van der Waals surface area contributed by atoms with E-state index in [4.69, 9.17) is 0 Å². The predicted molar refractivity (Wildman–Crippen MR) is 94.5 cm³/mol. The number of aryl methyl sites for hydroxylation is 1. The molecule has 124 valence electrons. The zero-order valence-corrected chi connectivity index (χ0v) is 13.6. The van der Waals surface area contributed by atoms with Crippen molar-refractivity contribution in [1.29, 1.82) is 0 Å². The predicted octanol–water partition coefficient (Wildman–Crippen LogP) is 2.63. The van der Waals surface area contributed by atoms with Gasteiger partial charge in [-0.25, -0.2) is 15.0 Å². The van der Waals surface area contributed by atoms with Crippen molar-refractivity contribution in [2.24, 2.45) is 0 Å². The van der Waals surface area contributed by atoms with Crippen LogP contribution < -0.4 is 5.32 Å². The number of H-pyrrole nitrogens is 1. The average molecular weight is 332 g/mol. The number of nitrogens with zero attached hydrogens (tertiary/aromatic N) is 4. The molecule has 0 aliphatic rings. The van der Waals surface area contributed by atoms with Crippen LogP contribution in [0, 0.1) is 6.92 Å². The van der Waals surface area contributed by atoms with Crippen molar-refractivity contribution in [2.45, 2.75) is 13.3 Å². The van der Waals surface area contributed by atoms with Crippen LogP contribution >= 0.6 is 0 Å². The van der Waals surface area contributed by atoms with Crippen LogP contribution in [0.4, 0.5) is 5.82 Å². The maximum atomic E-state index is 12.4. The monoisotopic (exact) mass is 332 g/mol. The van der Waals surface area contributed by atoms with Gasteiger partial charge >= 0.3 is 0 Å². The topological polar surface area (TPSA) is 88.5 Å². The van der Waals surface area contributed by atoms with Crippen LogP contribution in [0.5, 0.6) is 0 Å². The fourth-order valence-corrected chi connectivity index (χ4v) is 2.81. The molecule has 1 aromatic carbocycles. The molecule has 4 rings (SSSR count). The van der Waals surface area contributed by atoms with Crippen LogP contribution in [-0.4, -0.2) is 30.4 Å². The largest absolute Gasteiger partial charge is 0.361 e. The Labute approximate surface area is 143 Å². The molecule has 3 heterocycles. The number of rotatable bonds is 4. The summed E-state index contributed by atoms with van der Waals surface area (Å²) in [4.78, 5) is 28.1. The summed E-state index contributed by atoms with van der Waals surface area (Å²) in [6, 6.07) is 9.63. The van der Waals surface area contributed by atoms with Gasteiger partial charge in [0.1, 0.15) is 23.8 Å². The number of carbonyl (C=O) groups excluding carboxylic acids is 1. The molecule has 0 saturated carbocycles. The number of fused-ring (bicyclic) bond motifs is 1. The molecule has 0 aliphatic carbocycles. The van der Waals surface area contributed by atoms with Crippen molar-refractivity contribution in [3.63, 3.8) is 0 Å². The number of hydrogen-bond donors (Lipinski definition) is 2. The Hall–Kier alpha value is -3.48. The Balaban J connectivity index is 1.52. The Morgan fingerprint density at radius 2 is 2.12 bits per heavy atom. The second kappa shape index (κ2) is 6.20. The highest BCUT2D eigenvalue weighted by molar-refractivity contribution is 5.95. The molecule has 0 spiro atoms. The van der Waals surface area contributed by atoms with Crippen molar-refractivity contribution in [2.75, 3.05) is 5.32 Å². The molecule has 0 saturated heterocycles. The second-order valence-corrected chi connectivity index (χ2v) is 5.69. The zero-order chi connectivity index (χ0) is 17.2. The number of benzene rings is 1. The quantitative estimate of drug-likeness (QED) is 0.601. The lowest BCUT2D eigenvalue weighted by Crippen LogP contribution is -2.15. The van der Waals surface area contributed by atoms with Crippen molar-refractivity contribution in [3.8, 4) is 5.82 Å². The van der Waals surface area contributed by atoms with Gasteiger partial charge in [-0.15, -0.1) is 0 Å². The second-order valence-electron chi connectivity index (χ2n) is 5.69. The van der Waals surface area contributed by atoms with Crippen LogP contribution in [0.25, 0.3) is 16.7 Å². The normalized spacial score (nSPS) is 10.9. The summed E-state index contributed by atoms with van der Waals surface area (Å²) in [6.07, 6.45) is 7.08. The van der Waals surface area contributed by atoms with Crippen LogP contribution in [-0.2, 0) is 11.2 Å². The number of carbonyl (C=O) groups is 1. The lowest BCUT2D eigenvalue weighted by molar-refractivity contribution is -0.115. The molecule has 0 unspecified atom stereocenters. The molecule has 4 aromatic rings. The fraction of sp³-hybridized carbons (Fsp3) is 0.111. The first-order valence-electron chi connectivity index (χ1n) is 7.88. The molecule has 7 nitrogen and oxygen atoms in total. The number of anilines is 1. The minimum atomic E-state index is -0.128. The summed E-state index contributed by atoms with van der Waals surface area (Å²) >= 11 is 0. The minimum Gasteiger partial charge on any atom is -0.361 e. The van der Waals surface area contributed by atoms with Crippen LogP contribution in [0.3, 0.4) is 0 Å². The molecule has 25 heavy (non-hydrogen) atoms. The van der Waals surface area contributed by atoms with Gasteiger partial charge in [-0.3, -0.25) is 9.36 Å². The molecular formula is C18H16N6O. The molecule has 0 fully saturated rings. The van der Waals surface area contributed by atoms with Crippen molar-refractivity contribution < 1.29 is 4.79 Å². The van der Waals surface area contributed by atoms with Gasteiger partial charge in [0, 0.05) is 35.6 Å². The molecule has 1 amide bonds. The summed E-state index contributed by atoms with van der Waals surface area (Å²) in [7, 11) is 0. The third-order valence-electron chi connectivity index (χ3n) is 4.02. The van der Waals surface area contributed by atoms with E-state index in [0.717, 1.165) is 22.3 Å². The maximum absolute atomic E-state index is 12.4. The molecule has 2 N–H and O–H groups in total. The molecule has 7 heteroatoms. The molecular weight excluding hydrogens is 316 g/mol. The number of nitrogens with one attached hydrogen (secondary N) is 2. The van der Waals surface area contributed by atoms with Gasteiger partial charge < -0.3 is 10.3 Å². The smallest absolute Gasteiger partial charge is 0.230 e. The highest BCUT2D eigenvalue weighted by Crippen LogP contribution is 2.18. The van der Waals surface area contributed by atoms with E-state index in [1.165, 1.54) is 6.33 Å². The Morgan fingerprint density at radius 3 is 2.96 bits per heavy atom. The summed E-state index contributed by atoms with van der Waals surface area (Å²) in [5.41, 5.74) is 1.97. The van der Waals surface area contributed by atoms with Crippen LogP contribution in [0.2, 0.25) is 0 Å². The van der Waals surface area contributed by atoms with E-state index >= 15 is 0 Å². The van der Waals surface area contributed by atoms with E-state index in [-0.39, 0.29) is 12.3 Å². The van der Waals surface area contributed by atoms with Crippen LogP contribution in [0.15, 0.2) is 55.2 Å². The van der Waals surface area contributed by atoms with E-state index < -0.39 is 0 Å². The number of aromatic amines is 1. The van der Waals surface area contributed by atoms with E-state index in [0.29, 0.717) is 11.6 Å². The SMILES string of the molecule is Cc1nccn1-c1cc(NC(=O)Cc2c[nH]c3ccccc23)ncn1. The molecule has 0 aliphatic heterocycles. The van der Waals surface area contributed by atoms with Crippen molar-refractivity contribution >= 4 is 22.6 Å². The Bertz CT molecular complexity index is 1050. The molecule has 0 radical (unpaired) electrons. The lowest BCUT2D eigenvalue weighted by Gasteiger charge is -2.07. The fourth-order valence-electron chi connectivity index (χ4n) is 2.81. The first kappa shape index (κ1) is 15.1. The number of para-hydroxylation sites is 1. The lowest BCUT2D eigenvalue weighted by atomic mass is 10.1. The maximum Gasteiger partial charge on any atom is 0.230 e. The van der Waals surface area contributed by atoms with E-state index in [1.54, 1.807) is 12.3 Å². The van der Waals surface area contributed by atoms with Crippen molar-refractivity contribution in [3.05, 3.63) is 66.6 Å². The number of imidazole rings is 1. The number of hydrogen-bond acceptors (Lipinski definition) is 4. The van der Waals surface area contributed by atoms with Gasteiger partial charge in [0.15, 0.2) is 0 Å². The Kier molecular flexibility index (Phi) is 3.74. The first-order valence-corrected chi connectivity index (χ1v) is 7.88. The average Bonchev–Trinajstić information content (AvgIpc) is 3.22. The van der Waals surface area contributed by atoms with Gasteiger partial charge in [-0.2, -0.15) is 0 Å². The van der Waals surface area contributed by atoms with E-state index in [9.17, 15) is 4.79 Å². The first-order chi connectivity index (χ1) is 12.2. The van der Waals surface area contributed by atoms with Gasteiger partial charge in [-0.1, -0.05) is 18.2 Å². The molecule has 3 aromatic heterocycles. The highest BCUT2D eigenvalue weighted by Gasteiger charge is 2.10. The van der Waals surface area contributed by atoms with E-state index in [1.807, 2.05) is 48.1 Å². The Morgan fingerprint density at radius 1 is 1.24 bits per heavy atom. The third kappa shape index (κ3) is 2.99. The van der Waals surface area contributed by atoms with Gasteiger partial charge in [0.25, 0.3) is 0 Å². The van der Waals surface area contributed by atoms with Crippen molar-refractivity contribution in [1.82, 2.24) is 24.5 Å². The standard InChI is InChI=1S/C18H16N6O/c1-12-19-6-7-24(12)17-9-16(21-11-22-17)23-18(25)8-13-10-20-15-5-3-2-4-14(13)15/h2-7,9-11,20H,8H2,1H3,(H,21,22,23,25). The highest BCUT2D eigenvalue weighted by atomic mass is 16.1. The van der Waals surface area contributed by atoms with Gasteiger partial charge in [-0.05, 0) is 18.6 Å². The summed E-state index contributed by atoms with van der Waals surface area (Å²) in [5, 5.41) is 3.88. The zero-order valence-electron chi connectivity index (χ0n) is 13.6. The van der Waals surface area contributed by atoms with Crippen LogP contribution in [0.1, 0.15) is 11.4 Å². The summed E-state index contributed by atoms with van der Waals surface area (Å²) in [6.45, 7) is 1.89. The summed E-state index contributed by atoms with van der Waals surface area (Å²) < 4.78 is 1.83. The summed E-state index contributed by atoms with van der Waals surface area (Å²) in [5.74, 6) is 1.81. The van der Waals surface area contributed by atoms with Gasteiger partial charge in [0.05, 0.1) is 6.42 Å². The molecule has 0 atom stereocenters. The molecule has 0 bridgehead atoms. The minimum absolute atomic E-state index is 0.128. The van der Waals surface area contributed by atoms with Gasteiger partial charge in [0.2, 0.25) is 5.91 Å². The third-order valence-corrected chi connectivity index (χ3v) is 4.02. The number of aromatic nitrogens is 5.